The SMILES string of the molecule is CCNC(=O)OC1COc2c(-c3nc4n(Cc5ccccc5)cccc-4c3-c3cn(C)nc3OC(F)F)c(C(F)F)nn2C1. The number of alkyl carbamates (subject to hydrolysis) is 1. The number of pyridine rings is 1. The van der Waals surface area contributed by atoms with E-state index in [0.29, 0.717) is 24.5 Å². The van der Waals surface area contributed by atoms with E-state index >= 15 is 0 Å². The lowest BCUT2D eigenvalue weighted by Crippen LogP contribution is -2.37. The van der Waals surface area contributed by atoms with Gasteiger partial charge in [0.15, 0.2) is 6.10 Å². The van der Waals surface area contributed by atoms with E-state index in [-0.39, 0.29) is 41.4 Å². The summed E-state index contributed by atoms with van der Waals surface area (Å²) in [6.45, 7) is -0.908. The van der Waals surface area contributed by atoms with Gasteiger partial charge >= 0.3 is 12.7 Å². The van der Waals surface area contributed by atoms with Crippen LogP contribution in [-0.4, -0.2) is 61.1 Å². The average molecular weight is 614 g/mol. The van der Waals surface area contributed by atoms with Crippen molar-refractivity contribution >= 4 is 6.09 Å². The first-order chi connectivity index (χ1) is 21.2. The number of carbonyl (C=O) groups excluding carboxylic acids is 1. The van der Waals surface area contributed by atoms with Crippen LogP contribution in [0.3, 0.4) is 0 Å². The Hall–Kier alpha value is -5.08. The largest absolute Gasteiger partial charge is 0.473 e. The summed E-state index contributed by atoms with van der Waals surface area (Å²) in [6, 6.07) is 13.0. The third kappa shape index (κ3) is 5.52. The number of hydrogen-bond acceptors (Lipinski definition) is 7. The summed E-state index contributed by atoms with van der Waals surface area (Å²) in [5.41, 5.74) is 1.10. The van der Waals surface area contributed by atoms with Crippen LogP contribution in [0.25, 0.3) is 33.8 Å². The van der Waals surface area contributed by atoms with Crippen LogP contribution in [-0.2, 0) is 24.9 Å². The molecule has 1 aromatic carbocycles. The maximum Gasteiger partial charge on any atom is 0.407 e. The van der Waals surface area contributed by atoms with Gasteiger partial charge in [0.25, 0.3) is 6.43 Å². The Morgan fingerprint density at radius 2 is 1.89 bits per heavy atom. The summed E-state index contributed by atoms with van der Waals surface area (Å²) in [4.78, 5) is 16.8. The van der Waals surface area contributed by atoms with Gasteiger partial charge in [-0.2, -0.15) is 13.9 Å². The number of benzene rings is 1. The highest BCUT2D eigenvalue weighted by atomic mass is 19.3. The van der Waals surface area contributed by atoms with Crippen molar-refractivity contribution < 1.29 is 36.6 Å². The molecule has 1 unspecified atom stereocenters. The molecule has 6 rings (SSSR count). The Morgan fingerprint density at radius 1 is 1.09 bits per heavy atom. The smallest absolute Gasteiger partial charge is 0.407 e. The normalized spacial score (nSPS) is 14.6. The summed E-state index contributed by atoms with van der Waals surface area (Å²) in [6.07, 6.45) is -1.28. The van der Waals surface area contributed by atoms with Crippen molar-refractivity contribution in [2.24, 2.45) is 7.05 Å². The van der Waals surface area contributed by atoms with Crippen molar-refractivity contribution in [1.82, 2.24) is 34.4 Å². The lowest BCUT2D eigenvalue weighted by molar-refractivity contribution is -0.0527. The van der Waals surface area contributed by atoms with Crippen molar-refractivity contribution in [2.75, 3.05) is 13.2 Å². The summed E-state index contributed by atoms with van der Waals surface area (Å²) >= 11 is 0. The molecule has 0 saturated heterocycles. The van der Waals surface area contributed by atoms with E-state index in [4.69, 9.17) is 19.2 Å². The van der Waals surface area contributed by atoms with Gasteiger partial charge in [0.2, 0.25) is 11.8 Å². The van der Waals surface area contributed by atoms with Crippen LogP contribution in [0, 0.1) is 0 Å². The maximum absolute atomic E-state index is 14.6. The Labute approximate surface area is 248 Å². The molecule has 0 bridgehead atoms. The van der Waals surface area contributed by atoms with Crippen molar-refractivity contribution in [3.8, 4) is 45.5 Å². The molecule has 1 amide bonds. The number of carbonyl (C=O) groups is 1. The van der Waals surface area contributed by atoms with Gasteiger partial charge in [-0.05, 0) is 24.6 Å². The zero-order valence-electron chi connectivity index (χ0n) is 23.6. The van der Waals surface area contributed by atoms with Crippen LogP contribution in [0.2, 0.25) is 0 Å². The molecule has 2 aromatic heterocycles. The predicted octanol–water partition coefficient (Wildman–Crippen LogP) is 5.35. The van der Waals surface area contributed by atoms with E-state index in [1.807, 2.05) is 34.9 Å². The van der Waals surface area contributed by atoms with Gasteiger partial charge in [-0.15, -0.1) is 5.10 Å². The minimum absolute atomic E-state index is 0.0186. The van der Waals surface area contributed by atoms with E-state index in [2.05, 4.69) is 15.5 Å². The molecule has 44 heavy (non-hydrogen) atoms. The fourth-order valence-corrected chi connectivity index (χ4v) is 5.26. The van der Waals surface area contributed by atoms with Gasteiger partial charge in [0.05, 0.1) is 23.4 Å². The van der Waals surface area contributed by atoms with Gasteiger partial charge in [0, 0.05) is 43.7 Å². The minimum Gasteiger partial charge on any atom is -0.473 e. The summed E-state index contributed by atoms with van der Waals surface area (Å²) in [5.74, 6) is -0.0102. The number of alkyl halides is 4. The average Bonchev–Trinajstić information content (AvgIpc) is 3.65. The lowest BCUT2D eigenvalue weighted by Gasteiger charge is -2.24. The summed E-state index contributed by atoms with van der Waals surface area (Å²) < 4.78 is 76.4. The van der Waals surface area contributed by atoms with Gasteiger partial charge in [-0.1, -0.05) is 30.3 Å². The second-order valence-electron chi connectivity index (χ2n) is 10.0. The molecule has 0 saturated carbocycles. The zero-order valence-corrected chi connectivity index (χ0v) is 23.6. The number of ether oxygens (including phenoxy) is 3. The van der Waals surface area contributed by atoms with E-state index in [1.165, 1.54) is 22.6 Å². The zero-order chi connectivity index (χ0) is 31.0. The fourth-order valence-electron chi connectivity index (χ4n) is 5.26. The maximum atomic E-state index is 14.6. The quantitative estimate of drug-likeness (QED) is 0.223. The molecule has 11 nitrogen and oxygen atoms in total. The standard InChI is InChI=1S/C29H27F4N7O4/c1-3-34-29(41)43-17-13-40-27(42-15-17)21(23(36-40)24(30)31)22-20(19-14-38(2)37-26(19)44-28(32)33)18-10-7-11-39(25(18)35-22)12-16-8-5-4-6-9-16/h4-11,14,17,24,28H,3,12-13,15H2,1-2H3,(H,34,41). The molecule has 3 aromatic rings. The second-order valence-corrected chi connectivity index (χ2v) is 10.0. The van der Waals surface area contributed by atoms with Gasteiger partial charge < -0.3 is 24.1 Å². The minimum atomic E-state index is -3.19. The van der Waals surface area contributed by atoms with E-state index < -0.39 is 36.8 Å². The molecular formula is C29H27F4N7O4. The van der Waals surface area contributed by atoms with Crippen molar-refractivity contribution in [2.45, 2.75) is 39.2 Å². The number of hydrogen-bond donors (Lipinski definition) is 1. The van der Waals surface area contributed by atoms with Crippen LogP contribution in [0.1, 0.15) is 24.6 Å². The van der Waals surface area contributed by atoms with Crippen LogP contribution in [0.5, 0.6) is 11.8 Å². The molecule has 230 valence electrons. The Morgan fingerprint density at radius 3 is 2.61 bits per heavy atom. The van der Waals surface area contributed by atoms with Crippen LogP contribution in [0.4, 0.5) is 22.4 Å². The first kappa shape index (κ1) is 29.0. The first-order valence-corrected chi connectivity index (χ1v) is 13.7. The molecule has 5 heterocycles. The molecule has 3 aliphatic rings. The molecular weight excluding hydrogens is 586 g/mol. The number of aromatic nitrogens is 6. The molecule has 15 heteroatoms. The molecule has 0 radical (unpaired) electrons. The van der Waals surface area contributed by atoms with Crippen molar-refractivity contribution in [3.05, 3.63) is 66.1 Å². The number of fused-ring (bicyclic) bond motifs is 2. The van der Waals surface area contributed by atoms with Gasteiger partial charge in [-0.25, -0.2) is 23.2 Å². The second kappa shape index (κ2) is 11.9. The molecule has 0 spiro atoms. The highest BCUT2D eigenvalue weighted by Gasteiger charge is 2.37. The first-order valence-electron chi connectivity index (χ1n) is 13.7. The number of amides is 1. The van der Waals surface area contributed by atoms with Crippen LogP contribution < -0.4 is 14.8 Å². The molecule has 1 N–H and O–H groups in total. The van der Waals surface area contributed by atoms with E-state index in [9.17, 15) is 22.4 Å². The van der Waals surface area contributed by atoms with Gasteiger partial charge in [0.1, 0.15) is 18.1 Å². The fraction of sp³-hybridized carbons (Fsp3) is 0.310. The number of nitrogens with zero attached hydrogens (tertiary/aromatic N) is 6. The number of aryl methyl sites for hydroxylation is 1. The molecule has 1 atom stereocenters. The third-order valence-corrected chi connectivity index (χ3v) is 6.98. The summed E-state index contributed by atoms with van der Waals surface area (Å²) in [5, 5.41) is 10.7. The Kier molecular flexibility index (Phi) is 7.84. The highest BCUT2D eigenvalue weighted by Crippen LogP contribution is 2.49. The number of rotatable bonds is 9. The monoisotopic (exact) mass is 613 g/mol. The van der Waals surface area contributed by atoms with E-state index in [0.717, 1.165) is 5.56 Å². The number of halogens is 4. The van der Waals surface area contributed by atoms with Gasteiger partial charge in [-0.3, -0.25) is 4.68 Å². The van der Waals surface area contributed by atoms with Crippen LogP contribution in [0.15, 0.2) is 54.9 Å². The Bertz CT molecular complexity index is 1750. The summed E-state index contributed by atoms with van der Waals surface area (Å²) in [7, 11) is 1.53. The molecule has 0 fully saturated rings. The number of nitrogens with one attached hydrogen (secondary N) is 1. The van der Waals surface area contributed by atoms with E-state index in [1.54, 1.807) is 25.3 Å². The lowest BCUT2D eigenvalue weighted by atomic mass is 9.98. The molecule has 0 aliphatic carbocycles. The topological polar surface area (TPSA) is 110 Å². The Balaban J connectivity index is 1.54. The molecule has 3 aliphatic heterocycles. The van der Waals surface area contributed by atoms with Crippen molar-refractivity contribution in [3.63, 3.8) is 0 Å². The third-order valence-electron chi connectivity index (χ3n) is 6.98. The van der Waals surface area contributed by atoms with Crippen molar-refractivity contribution in [1.29, 1.82) is 0 Å². The highest BCUT2D eigenvalue weighted by molar-refractivity contribution is 5.97. The van der Waals surface area contributed by atoms with Crippen LogP contribution >= 0.6 is 0 Å². The predicted molar refractivity (Wildman–Crippen MR) is 149 cm³/mol.